The number of hydrogen-bond donors (Lipinski definition) is 2. The van der Waals surface area contributed by atoms with Crippen LogP contribution in [0.5, 0.6) is 5.75 Å². The quantitative estimate of drug-likeness (QED) is 0.466. The van der Waals surface area contributed by atoms with Crippen LogP contribution in [-0.2, 0) is 30.9 Å². The number of amides is 1. The van der Waals surface area contributed by atoms with Gasteiger partial charge < -0.3 is 29.3 Å². The van der Waals surface area contributed by atoms with Crippen LogP contribution >= 0.6 is 0 Å². The molecule has 2 aromatic carbocycles. The number of aromatic nitrogens is 1. The number of oxazole rings is 1. The van der Waals surface area contributed by atoms with Gasteiger partial charge in [0.2, 0.25) is 17.7 Å². The summed E-state index contributed by atoms with van der Waals surface area (Å²) in [6.07, 6.45) is -0.209. The molecule has 0 aliphatic carbocycles. The Labute approximate surface area is 235 Å². The minimum atomic E-state index is -1.17. The van der Waals surface area contributed by atoms with Crippen molar-refractivity contribution in [1.82, 2.24) is 10.3 Å². The molecule has 212 valence electrons. The van der Waals surface area contributed by atoms with Gasteiger partial charge in [-0.15, -0.1) is 0 Å². The third-order valence-corrected chi connectivity index (χ3v) is 8.35. The molecule has 5 atom stereocenters. The first-order valence-electron chi connectivity index (χ1n) is 13.7. The van der Waals surface area contributed by atoms with Crippen LogP contribution in [0.1, 0.15) is 60.8 Å². The molecular weight excluding hydrogens is 531 g/mol. The fourth-order valence-electron chi connectivity index (χ4n) is 6.27. The van der Waals surface area contributed by atoms with Gasteiger partial charge in [-0.2, -0.15) is 0 Å². The molecule has 4 aliphatic heterocycles. The van der Waals surface area contributed by atoms with E-state index >= 15 is 0 Å². The number of anilines is 1. The van der Waals surface area contributed by atoms with Crippen molar-refractivity contribution >= 4 is 23.5 Å². The number of methoxy groups -OCH3 is 1. The molecule has 10 nitrogen and oxygen atoms in total. The summed E-state index contributed by atoms with van der Waals surface area (Å²) in [6.45, 7) is 5.78. The van der Waals surface area contributed by atoms with Crippen molar-refractivity contribution in [3.63, 3.8) is 0 Å². The summed E-state index contributed by atoms with van der Waals surface area (Å²) >= 11 is 0. The molecule has 2 unspecified atom stereocenters. The molecule has 41 heavy (non-hydrogen) atoms. The number of hydrogen-bond acceptors (Lipinski definition) is 9. The number of carbonyl (C=O) groups excluding carboxylic acids is 2. The Balaban J connectivity index is 1.55. The Bertz CT molecular complexity index is 1630. The highest BCUT2D eigenvalue weighted by Crippen LogP contribution is 2.58. The number of ether oxygens (including phenoxy) is 3. The summed E-state index contributed by atoms with van der Waals surface area (Å²) in [4.78, 5) is 35.0. The number of halogens is 1. The molecule has 4 aliphatic rings. The van der Waals surface area contributed by atoms with E-state index in [-0.39, 0.29) is 41.8 Å². The zero-order valence-corrected chi connectivity index (χ0v) is 23.0. The van der Waals surface area contributed by atoms with E-state index in [0.717, 1.165) is 11.1 Å². The van der Waals surface area contributed by atoms with Crippen LogP contribution in [0.3, 0.4) is 0 Å². The van der Waals surface area contributed by atoms with Crippen LogP contribution in [0.4, 0.5) is 10.1 Å². The van der Waals surface area contributed by atoms with Gasteiger partial charge in [-0.05, 0) is 42.2 Å². The largest absolute Gasteiger partial charge is 0.473 e. The Hall–Kier alpha value is -4.41. The van der Waals surface area contributed by atoms with E-state index in [9.17, 15) is 14.0 Å². The predicted octanol–water partition coefficient (Wildman–Crippen LogP) is 3.62. The second-order valence-corrected chi connectivity index (χ2v) is 11.3. The lowest BCUT2D eigenvalue weighted by atomic mass is 9.72. The molecule has 3 aromatic rings. The SMILES string of the molecule is COC(=O)C1COC(c2nc3oc2[C@@]24c5cc(F)ccc5N[C@@H]2Oc2ccc(cc24)CC(C)C(=O)N[C@H]3C(C)C)=N1. The van der Waals surface area contributed by atoms with E-state index in [1.807, 2.05) is 39.0 Å². The van der Waals surface area contributed by atoms with E-state index in [1.54, 1.807) is 6.07 Å². The molecule has 11 heteroatoms. The van der Waals surface area contributed by atoms with Crippen molar-refractivity contribution in [3.8, 4) is 5.75 Å². The number of carbonyl (C=O) groups is 2. The molecule has 4 bridgehead atoms. The normalized spacial score (nSPS) is 27.4. The lowest BCUT2D eigenvalue weighted by Crippen LogP contribution is -2.41. The van der Waals surface area contributed by atoms with Gasteiger partial charge in [0.1, 0.15) is 29.6 Å². The van der Waals surface area contributed by atoms with Crippen molar-refractivity contribution in [2.45, 2.75) is 50.9 Å². The highest BCUT2D eigenvalue weighted by Gasteiger charge is 2.61. The number of benzene rings is 2. The van der Waals surface area contributed by atoms with Crippen LogP contribution in [0.2, 0.25) is 0 Å². The number of rotatable bonds is 3. The first-order chi connectivity index (χ1) is 19.7. The van der Waals surface area contributed by atoms with Crippen molar-refractivity contribution in [2.75, 3.05) is 19.0 Å². The van der Waals surface area contributed by atoms with Gasteiger partial charge in [0.15, 0.2) is 23.7 Å². The van der Waals surface area contributed by atoms with Crippen LogP contribution in [0.25, 0.3) is 0 Å². The van der Waals surface area contributed by atoms with Gasteiger partial charge in [-0.25, -0.2) is 19.2 Å². The van der Waals surface area contributed by atoms with E-state index < -0.39 is 35.5 Å². The van der Waals surface area contributed by atoms with Gasteiger partial charge in [0.05, 0.1) is 7.11 Å². The number of fused-ring (bicyclic) bond motifs is 4. The molecule has 0 saturated carbocycles. The molecule has 1 aromatic heterocycles. The summed E-state index contributed by atoms with van der Waals surface area (Å²) < 4.78 is 38.9. The lowest BCUT2D eigenvalue weighted by molar-refractivity contribution is -0.142. The Morgan fingerprint density at radius 3 is 2.78 bits per heavy atom. The Morgan fingerprint density at radius 1 is 1.17 bits per heavy atom. The first-order valence-corrected chi connectivity index (χ1v) is 13.7. The van der Waals surface area contributed by atoms with Crippen LogP contribution in [0, 0.1) is 17.7 Å². The topological polar surface area (TPSA) is 124 Å². The van der Waals surface area contributed by atoms with Crippen molar-refractivity contribution in [2.24, 2.45) is 16.8 Å². The van der Waals surface area contributed by atoms with E-state index in [0.29, 0.717) is 29.2 Å². The van der Waals surface area contributed by atoms with Crippen molar-refractivity contribution in [1.29, 1.82) is 0 Å². The zero-order valence-electron chi connectivity index (χ0n) is 23.0. The van der Waals surface area contributed by atoms with Crippen molar-refractivity contribution in [3.05, 3.63) is 76.3 Å². The van der Waals surface area contributed by atoms with E-state index in [4.69, 9.17) is 23.6 Å². The monoisotopic (exact) mass is 560 g/mol. The highest BCUT2D eigenvalue weighted by molar-refractivity contribution is 5.98. The van der Waals surface area contributed by atoms with Crippen LogP contribution in [0.15, 0.2) is 45.8 Å². The molecule has 1 spiro atoms. The van der Waals surface area contributed by atoms with Crippen LogP contribution in [-0.4, -0.2) is 48.7 Å². The number of nitrogens with zero attached hydrogens (tertiary/aromatic N) is 2. The van der Waals surface area contributed by atoms with Crippen molar-refractivity contribution < 1.29 is 32.6 Å². The fraction of sp³-hybridized carbons (Fsp3) is 0.400. The first kappa shape index (κ1) is 25.6. The van der Waals surface area contributed by atoms with E-state index in [1.165, 1.54) is 19.2 Å². The summed E-state index contributed by atoms with van der Waals surface area (Å²) in [5, 5.41) is 6.52. The molecule has 5 heterocycles. The molecule has 1 amide bonds. The maximum Gasteiger partial charge on any atom is 0.334 e. The van der Waals surface area contributed by atoms with Gasteiger partial charge in [0.25, 0.3) is 0 Å². The van der Waals surface area contributed by atoms with Crippen LogP contribution < -0.4 is 15.4 Å². The van der Waals surface area contributed by atoms with Gasteiger partial charge in [-0.3, -0.25) is 4.79 Å². The minimum Gasteiger partial charge on any atom is -0.473 e. The maximum atomic E-state index is 14.9. The lowest BCUT2D eigenvalue weighted by Gasteiger charge is -2.28. The molecular formula is C30H29FN4O6. The highest BCUT2D eigenvalue weighted by atomic mass is 19.1. The molecule has 7 rings (SSSR count). The molecule has 0 fully saturated rings. The third-order valence-electron chi connectivity index (χ3n) is 8.35. The van der Waals surface area contributed by atoms with Gasteiger partial charge in [-0.1, -0.05) is 32.9 Å². The predicted molar refractivity (Wildman–Crippen MR) is 144 cm³/mol. The second-order valence-electron chi connectivity index (χ2n) is 11.3. The fourth-order valence-corrected chi connectivity index (χ4v) is 6.27. The third kappa shape index (κ3) is 3.67. The zero-order chi connectivity index (χ0) is 28.6. The minimum absolute atomic E-state index is 0.0252. The Morgan fingerprint density at radius 2 is 2.00 bits per heavy atom. The summed E-state index contributed by atoms with van der Waals surface area (Å²) in [7, 11) is 1.29. The molecule has 2 N–H and O–H groups in total. The Kier molecular flexibility index (Phi) is 5.64. The summed E-state index contributed by atoms with van der Waals surface area (Å²) in [6, 6.07) is 8.89. The van der Waals surface area contributed by atoms with E-state index in [2.05, 4.69) is 15.6 Å². The number of esters is 1. The average Bonchev–Trinajstić information content (AvgIpc) is 3.71. The number of aliphatic imine (C=N–C) groups is 1. The molecule has 0 saturated heterocycles. The number of nitrogens with one attached hydrogen (secondary N) is 2. The summed E-state index contributed by atoms with van der Waals surface area (Å²) in [5.41, 5.74) is 2.05. The maximum absolute atomic E-state index is 14.9. The van der Waals surface area contributed by atoms with Gasteiger partial charge in [0, 0.05) is 22.7 Å². The second kappa shape index (κ2) is 9.05. The van der Waals surface area contributed by atoms with Gasteiger partial charge >= 0.3 is 5.97 Å². The molecule has 0 radical (unpaired) electrons. The standard InChI is InChI=1S/C30H29FN4O6/c1-13(2)22-27-35-23(26-32-20(12-39-26)28(37)38-4)24(41-27)30-17-11-16(31)6-7-19(17)33-29(30)40-21-8-5-15(10-18(21)30)9-14(3)25(36)34-22/h5-8,10-11,13-14,20,22,29,33H,9,12H2,1-4H3,(H,34,36)/t14?,20?,22-,29+,30-/m0/s1. The summed E-state index contributed by atoms with van der Waals surface area (Å²) in [5.74, 6) is -0.246. The smallest absolute Gasteiger partial charge is 0.334 e. The average molecular weight is 561 g/mol.